The highest BCUT2D eigenvalue weighted by molar-refractivity contribution is 5.93. The van der Waals surface area contributed by atoms with E-state index in [-0.39, 0.29) is 52.7 Å². The van der Waals surface area contributed by atoms with Crippen LogP contribution in [-0.4, -0.2) is 30.4 Å². The van der Waals surface area contributed by atoms with Crippen LogP contribution in [0.4, 0.5) is 0 Å². The number of hydrogen-bond donors (Lipinski definition) is 0. The van der Waals surface area contributed by atoms with Gasteiger partial charge in [-0.05, 0) is 60.7 Å². The first-order chi connectivity index (χ1) is 14.1. The Morgan fingerprint density at radius 2 is 1.83 bits per heavy atom. The molecule has 5 heteroatoms. The quantitative estimate of drug-likeness (QED) is 0.643. The zero-order valence-corrected chi connectivity index (χ0v) is 18.9. The first-order valence-electron chi connectivity index (χ1n) is 11.8. The fourth-order valence-corrected chi connectivity index (χ4v) is 8.04. The summed E-state index contributed by atoms with van der Waals surface area (Å²) in [7, 11) is 1.41. The van der Waals surface area contributed by atoms with E-state index in [1.54, 1.807) is 0 Å². The third-order valence-corrected chi connectivity index (χ3v) is 9.94. The highest BCUT2D eigenvalue weighted by Crippen LogP contribution is 2.66. The molecule has 5 nitrogen and oxygen atoms in total. The lowest BCUT2D eigenvalue weighted by Gasteiger charge is -2.58. The highest BCUT2D eigenvalue weighted by atomic mass is 16.5. The number of Topliss-reactive ketones (excluding diaryl/α,β-unsaturated/α-hetero) is 3. The van der Waals surface area contributed by atoms with Gasteiger partial charge in [0.1, 0.15) is 17.3 Å². The van der Waals surface area contributed by atoms with Gasteiger partial charge in [0.15, 0.2) is 0 Å². The molecule has 0 aromatic heterocycles. The summed E-state index contributed by atoms with van der Waals surface area (Å²) in [6, 6.07) is 0. The van der Waals surface area contributed by atoms with Crippen molar-refractivity contribution in [2.75, 3.05) is 7.11 Å². The van der Waals surface area contributed by atoms with Gasteiger partial charge in [0.05, 0.1) is 7.11 Å². The van der Waals surface area contributed by atoms with Crippen LogP contribution in [0, 0.1) is 46.3 Å². The normalized spacial score (nSPS) is 44.1. The van der Waals surface area contributed by atoms with Crippen molar-refractivity contribution in [3.8, 4) is 0 Å². The molecule has 166 valence electrons. The summed E-state index contributed by atoms with van der Waals surface area (Å²) < 4.78 is 4.80. The van der Waals surface area contributed by atoms with Crippen LogP contribution in [0.25, 0.3) is 0 Å². The predicted octanol–water partition coefficient (Wildman–Crippen LogP) is 4.16. The van der Waals surface area contributed by atoms with E-state index < -0.39 is 5.41 Å². The monoisotopic (exact) mass is 416 g/mol. The van der Waals surface area contributed by atoms with Crippen molar-refractivity contribution < 1.29 is 23.9 Å². The van der Waals surface area contributed by atoms with Crippen LogP contribution in [0.5, 0.6) is 0 Å². The van der Waals surface area contributed by atoms with E-state index in [2.05, 4.69) is 20.8 Å². The van der Waals surface area contributed by atoms with Crippen LogP contribution in [0.3, 0.4) is 0 Å². The summed E-state index contributed by atoms with van der Waals surface area (Å²) in [5.74, 6) is 1.41. The molecular formula is C25H36O5. The van der Waals surface area contributed by atoms with Crippen molar-refractivity contribution in [2.45, 2.75) is 78.6 Å². The van der Waals surface area contributed by atoms with Gasteiger partial charge in [0.25, 0.3) is 0 Å². The number of methoxy groups -OCH3 is 1. The molecule has 4 saturated carbocycles. The number of ketones is 3. The van der Waals surface area contributed by atoms with Gasteiger partial charge in [-0.3, -0.25) is 19.2 Å². The van der Waals surface area contributed by atoms with Gasteiger partial charge < -0.3 is 4.74 Å². The molecule has 4 rings (SSSR count). The summed E-state index contributed by atoms with van der Waals surface area (Å²) in [5, 5.41) is 0. The SMILES string of the molecule is COC(=O)CC[C@@H](C)[C@@H]1CC[C@@H]2[C@H]3C(=O)C[C@H]4CC(=O)CC[C@]4(C)[C@@H]3CC(=O)[C@]21C. The Balaban J connectivity index is 1.60. The molecule has 0 unspecified atom stereocenters. The topological polar surface area (TPSA) is 77.5 Å². The van der Waals surface area contributed by atoms with Crippen LogP contribution < -0.4 is 0 Å². The third kappa shape index (κ3) is 3.10. The molecule has 0 amide bonds. The molecule has 0 radical (unpaired) electrons. The number of carbonyl (C=O) groups is 4. The van der Waals surface area contributed by atoms with E-state index in [0.29, 0.717) is 43.7 Å². The lowest BCUT2D eigenvalue weighted by atomic mass is 9.44. The zero-order chi connectivity index (χ0) is 21.8. The summed E-state index contributed by atoms with van der Waals surface area (Å²) in [5.41, 5.74) is -0.544. The van der Waals surface area contributed by atoms with Crippen molar-refractivity contribution >= 4 is 23.3 Å². The Bertz CT molecular complexity index is 772. The van der Waals surface area contributed by atoms with Gasteiger partial charge >= 0.3 is 5.97 Å². The fraction of sp³-hybridized carbons (Fsp3) is 0.840. The average molecular weight is 417 g/mol. The van der Waals surface area contributed by atoms with Crippen LogP contribution in [-0.2, 0) is 23.9 Å². The van der Waals surface area contributed by atoms with Crippen LogP contribution in [0.1, 0.15) is 78.6 Å². The summed E-state index contributed by atoms with van der Waals surface area (Å²) in [4.78, 5) is 50.7. The van der Waals surface area contributed by atoms with Crippen molar-refractivity contribution in [3.63, 3.8) is 0 Å². The van der Waals surface area contributed by atoms with E-state index in [9.17, 15) is 19.2 Å². The molecule has 0 N–H and O–H groups in total. The molecule has 0 bridgehead atoms. The maximum Gasteiger partial charge on any atom is 0.305 e. The molecule has 30 heavy (non-hydrogen) atoms. The Hall–Kier alpha value is -1.52. The van der Waals surface area contributed by atoms with E-state index in [1.807, 2.05) is 0 Å². The number of fused-ring (bicyclic) bond motifs is 5. The minimum atomic E-state index is -0.472. The number of carbonyl (C=O) groups excluding carboxylic acids is 4. The molecule has 0 heterocycles. The van der Waals surface area contributed by atoms with Crippen molar-refractivity contribution in [1.82, 2.24) is 0 Å². The second kappa shape index (κ2) is 7.56. The lowest BCUT2D eigenvalue weighted by Crippen LogP contribution is -2.60. The Morgan fingerprint density at radius 3 is 2.53 bits per heavy atom. The van der Waals surface area contributed by atoms with E-state index in [4.69, 9.17) is 4.74 Å². The van der Waals surface area contributed by atoms with Gasteiger partial charge in [-0.15, -0.1) is 0 Å². The maximum atomic E-state index is 13.7. The number of hydrogen-bond acceptors (Lipinski definition) is 5. The molecule has 0 aromatic rings. The van der Waals surface area contributed by atoms with Crippen LogP contribution in [0.15, 0.2) is 0 Å². The van der Waals surface area contributed by atoms with Crippen molar-refractivity contribution in [3.05, 3.63) is 0 Å². The molecule has 0 aliphatic heterocycles. The molecule has 8 atom stereocenters. The highest BCUT2D eigenvalue weighted by Gasteiger charge is 2.66. The summed E-state index contributed by atoms with van der Waals surface area (Å²) in [6.45, 7) is 6.50. The van der Waals surface area contributed by atoms with Crippen molar-refractivity contribution in [1.29, 1.82) is 0 Å². The number of esters is 1. The lowest BCUT2D eigenvalue weighted by molar-refractivity contribution is -0.166. The smallest absolute Gasteiger partial charge is 0.305 e. The number of rotatable bonds is 4. The van der Waals surface area contributed by atoms with E-state index in [1.165, 1.54) is 7.11 Å². The van der Waals surface area contributed by atoms with E-state index >= 15 is 0 Å². The van der Waals surface area contributed by atoms with Gasteiger partial charge in [0.2, 0.25) is 0 Å². The second-order valence-corrected chi connectivity index (χ2v) is 11.0. The Kier molecular flexibility index (Phi) is 5.47. The van der Waals surface area contributed by atoms with E-state index in [0.717, 1.165) is 25.7 Å². The second-order valence-electron chi connectivity index (χ2n) is 11.0. The Morgan fingerprint density at radius 1 is 1.10 bits per heavy atom. The zero-order valence-electron chi connectivity index (χ0n) is 18.9. The van der Waals surface area contributed by atoms with Crippen molar-refractivity contribution in [2.24, 2.45) is 46.3 Å². The molecule has 4 aliphatic carbocycles. The molecule has 0 aromatic carbocycles. The fourth-order valence-electron chi connectivity index (χ4n) is 8.04. The average Bonchev–Trinajstić information content (AvgIpc) is 3.06. The first kappa shape index (κ1) is 21.7. The van der Waals surface area contributed by atoms with Gasteiger partial charge in [-0.1, -0.05) is 20.8 Å². The van der Waals surface area contributed by atoms with Gasteiger partial charge in [-0.25, -0.2) is 0 Å². The first-order valence-corrected chi connectivity index (χ1v) is 11.8. The number of ether oxygens (including phenoxy) is 1. The summed E-state index contributed by atoms with van der Waals surface area (Å²) >= 11 is 0. The summed E-state index contributed by atoms with van der Waals surface area (Å²) in [6.07, 6.45) is 5.87. The minimum Gasteiger partial charge on any atom is -0.469 e. The molecule has 0 saturated heterocycles. The molecule has 4 aliphatic rings. The third-order valence-electron chi connectivity index (χ3n) is 9.94. The minimum absolute atomic E-state index is 0.0417. The van der Waals surface area contributed by atoms with Gasteiger partial charge in [-0.2, -0.15) is 0 Å². The molecule has 0 spiro atoms. The predicted molar refractivity (Wildman–Crippen MR) is 111 cm³/mol. The van der Waals surface area contributed by atoms with Crippen LogP contribution in [0.2, 0.25) is 0 Å². The Labute approximate surface area is 179 Å². The van der Waals surface area contributed by atoms with Crippen LogP contribution >= 0.6 is 0 Å². The maximum absolute atomic E-state index is 13.7. The molecular weight excluding hydrogens is 380 g/mol. The largest absolute Gasteiger partial charge is 0.469 e. The van der Waals surface area contributed by atoms with Gasteiger partial charge in [0, 0.05) is 43.4 Å². The molecule has 4 fully saturated rings. The standard InChI is InChI=1S/C25H36O5/c1-14(5-8-22(29)30-4)17-6-7-18-23-19(13-21(28)25(17,18)3)24(2)10-9-16(26)11-15(24)12-20(23)27/h14-15,17-19,23H,5-13H2,1-4H3/t14-,15-,17+,18-,19-,23-,24+,25+/m1/s1.